The van der Waals surface area contributed by atoms with Crippen molar-refractivity contribution in [1.29, 1.82) is 0 Å². The minimum Gasteiger partial charge on any atom is -0.493 e. The Morgan fingerprint density at radius 1 is 1.17 bits per heavy atom. The predicted octanol–water partition coefficient (Wildman–Crippen LogP) is 6.30. The number of ether oxygens (including phenoxy) is 3. The largest absolute Gasteiger partial charge is 0.493 e. The van der Waals surface area contributed by atoms with Crippen LogP contribution in [0, 0.1) is 17.8 Å². The molecule has 0 radical (unpaired) electrons. The zero-order valence-electron chi connectivity index (χ0n) is 19.8. The predicted molar refractivity (Wildman–Crippen MR) is 126 cm³/mol. The van der Waals surface area contributed by atoms with E-state index in [1.54, 1.807) is 14.2 Å². The van der Waals surface area contributed by atoms with E-state index in [9.17, 15) is 0 Å². The van der Waals surface area contributed by atoms with Crippen molar-refractivity contribution < 1.29 is 14.2 Å². The summed E-state index contributed by atoms with van der Waals surface area (Å²) < 4.78 is 18.8. The van der Waals surface area contributed by atoms with E-state index in [0.29, 0.717) is 17.9 Å². The highest BCUT2D eigenvalue weighted by Gasteiger charge is 2.50. The van der Waals surface area contributed by atoms with E-state index in [4.69, 9.17) is 14.2 Å². The standard InChI is InChI=1S/C25H40BrNO3/c1-16(2)12-24-27(25(4,5)19-9-8-17(3)13-21(19)30-24)11-10-18-14-22(28-6)23(29-7)15-20(18)26/h14-17,19,21,24H,8-13H2,1-7H3/t17-,19-,21-,24+/m1/s1. The molecule has 2 aliphatic rings. The van der Waals surface area contributed by atoms with Gasteiger partial charge in [-0.25, -0.2) is 0 Å². The van der Waals surface area contributed by atoms with E-state index >= 15 is 0 Å². The van der Waals surface area contributed by atoms with Crippen molar-refractivity contribution in [3.05, 3.63) is 22.2 Å². The SMILES string of the molecule is COc1cc(Br)c(CCN2[C@H](CC(C)C)O[C@@H]3C[C@H](C)CC[C@H]3C2(C)C)cc1OC. The van der Waals surface area contributed by atoms with Crippen molar-refractivity contribution in [3.8, 4) is 11.5 Å². The van der Waals surface area contributed by atoms with Crippen molar-refractivity contribution in [1.82, 2.24) is 4.90 Å². The molecule has 0 bridgehead atoms. The Labute approximate surface area is 191 Å². The maximum Gasteiger partial charge on any atom is 0.161 e. The van der Waals surface area contributed by atoms with E-state index in [1.165, 1.54) is 24.8 Å². The van der Waals surface area contributed by atoms with Crippen LogP contribution in [0.15, 0.2) is 16.6 Å². The Bertz CT molecular complexity index is 721. The molecule has 2 fully saturated rings. The number of nitrogens with zero attached hydrogens (tertiary/aromatic N) is 1. The second-order valence-corrected chi connectivity index (χ2v) is 11.0. The van der Waals surface area contributed by atoms with Gasteiger partial charge in [-0.3, -0.25) is 4.90 Å². The second kappa shape index (κ2) is 9.79. The van der Waals surface area contributed by atoms with E-state index in [2.05, 4.69) is 61.5 Å². The molecule has 5 heteroatoms. The Kier molecular flexibility index (Phi) is 7.79. The Morgan fingerprint density at radius 2 is 1.83 bits per heavy atom. The fourth-order valence-electron chi connectivity index (χ4n) is 5.49. The molecular weight excluding hydrogens is 442 g/mol. The average Bonchev–Trinajstić information content (AvgIpc) is 2.67. The van der Waals surface area contributed by atoms with Crippen LogP contribution in [0.4, 0.5) is 0 Å². The zero-order valence-corrected chi connectivity index (χ0v) is 21.4. The number of hydrogen-bond acceptors (Lipinski definition) is 4. The number of rotatable bonds is 7. The third kappa shape index (κ3) is 4.99. The zero-order chi connectivity index (χ0) is 22.1. The monoisotopic (exact) mass is 481 g/mol. The number of hydrogen-bond donors (Lipinski definition) is 0. The molecule has 1 saturated carbocycles. The number of halogens is 1. The summed E-state index contributed by atoms with van der Waals surface area (Å²) in [6, 6.07) is 4.11. The molecule has 30 heavy (non-hydrogen) atoms. The quantitative estimate of drug-likeness (QED) is 0.457. The summed E-state index contributed by atoms with van der Waals surface area (Å²) in [4.78, 5) is 2.65. The van der Waals surface area contributed by atoms with Crippen LogP contribution in [0.5, 0.6) is 11.5 Å². The first-order valence-corrected chi connectivity index (χ1v) is 12.3. The van der Waals surface area contributed by atoms with Gasteiger partial charge in [-0.1, -0.05) is 43.1 Å². The van der Waals surface area contributed by atoms with E-state index in [0.717, 1.165) is 41.3 Å². The number of benzene rings is 1. The lowest BCUT2D eigenvalue weighted by Crippen LogP contribution is -2.65. The molecule has 1 aromatic rings. The highest BCUT2D eigenvalue weighted by atomic mass is 79.9. The van der Waals surface area contributed by atoms with Gasteiger partial charge < -0.3 is 14.2 Å². The van der Waals surface area contributed by atoms with Gasteiger partial charge in [-0.05, 0) is 69.1 Å². The van der Waals surface area contributed by atoms with Gasteiger partial charge in [0.1, 0.15) is 6.23 Å². The molecule has 3 rings (SSSR count). The first kappa shape index (κ1) is 23.9. The van der Waals surface area contributed by atoms with Crippen molar-refractivity contribution >= 4 is 15.9 Å². The maximum atomic E-state index is 6.79. The van der Waals surface area contributed by atoms with Gasteiger partial charge in [-0.2, -0.15) is 0 Å². The van der Waals surface area contributed by atoms with Crippen molar-refractivity contribution in [2.75, 3.05) is 20.8 Å². The van der Waals surface area contributed by atoms with Gasteiger partial charge in [0.15, 0.2) is 11.5 Å². The summed E-state index contributed by atoms with van der Waals surface area (Å²) in [5.74, 6) is 3.53. The van der Waals surface area contributed by atoms with E-state index < -0.39 is 0 Å². The van der Waals surface area contributed by atoms with Crippen molar-refractivity contribution in [2.24, 2.45) is 17.8 Å². The Balaban J connectivity index is 1.83. The summed E-state index contributed by atoms with van der Waals surface area (Å²) >= 11 is 3.74. The van der Waals surface area contributed by atoms with Crippen LogP contribution in [0.2, 0.25) is 0 Å². The van der Waals surface area contributed by atoms with Crippen LogP contribution in [0.1, 0.15) is 65.9 Å². The summed E-state index contributed by atoms with van der Waals surface area (Å²) in [7, 11) is 3.37. The highest BCUT2D eigenvalue weighted by Crippen LogP contribution is 2.46. The lowest BCUT2D eigenvalue weighted by molar-refractivity contribution is -0.237. The normalized spacial score (nSPS) is 29.0. The van der Waals surface area contributed by atoms with Gasteiger partial charge in [-0.15, -0.1) is 0 Å². The first-order valence-electron chi connectivity index (χ1n) is 11.5. The van der Waals surface area contributed by atoms with Gasteiger partial charge >= 0.3 is 0 Å². The van der Waals surface area contributed by atoms with Crippen LogP contribution in [-0.2, 0) is 11.2 Å². The van der Waals surface area contributed by atoms with Crippen LogP contribution >= 0.6 is 15.9 Å². The molecule has 1 heterocycles. The van der Waals surface area contributed by atoms with Crippen molar-refractivity contribution in [3.63, 3.8) is 0 Å². The van der Waals surface area contributed by atoms with Crippen LogP contribution < -0.4 is 9.47 Å². The fourth-order valence-corrected chi connectivity index (χ4v) is 6.01. The molecule has 0 N–H and O–H groups in total. The molecule has 4 atom stereocenters. The molecule has 170 valence electrons. The summed E-state index contributed by atoms with van der Waals surface area (Å²) in [5.41, 5.74) is 1.37. The molecule has 0 aromatic heterocycles. The van der Waals surface area contributed by atoms with Crippen LogP contribution in [0.3, 0.4) is 0 Å². The second-order valence-electron chi connectivity index (χ2n) is 10.2. The molecule has 0 spiro atoms. The number of methoxy groups -OCH3 is 2. The molecule has 0 unspecified atom stereocenters. The summed E-state index contributed by atoms with van der Waals surface area (Å²) in [6.45, 7) is 12.8. The Morgan fingerprint density at radius 3 is 2.47 bits per heavy atom. The maximum absolute atomic E-state index is 6.79. The lowest BCUT2D eigenvalue weighted by Gasteiger charge is -2.57. The topological polar surface area (TPSA) is 30.9 Å². The third-order valence-corrected chi connectivity index (χ3v) is 7.97. The van der Waals surface area contributed by atoms with Crippen molar-refractivity contribution in [2.45, 2.75) is 84.6 Å². The molecular formula is C25H40BrNO3. The smallest absolute Gasteiger partial charge is 0.161 e. The Hall–Kier alpha value is -0.780. The van der Waals surface area contributed by atoms with Gasteiger partial charge in [0.05, 0.1) is 20.3 Å². The van der Waals surface area contributed by atoms with Crippen LogP contribution in [0.25, 0.3) is 0 Å². The fraction of sp³-hybridized carbons (Fsp3) is 0.760. The van der Waals surface area contributed by atoms with Gasteiger partial charge in [0, 0.05) is 22.5 Å². The molecule has 1 aromatic carbocycles. The van der Waals surface area contributed by atoms with Gasteiger partial charge in [0.25, 0.3) is 0 Å². The molecule has 1 aliphatic heterocycles. The molecule has 1 saturated heterocycles. The molecule has 0 amide bonds. The summed E-state index contributed by atoms with van der Waals surface area (Å²) in [6.07, 6.45) is 6.39. The lowest BCUT2D eigenvalue weighted by atomic mass is 9.69. The highest BCUT2D eigenvalue weighted by molar-refractivity contribution is 9.10. The summed E-state index contributed by atoms with van der Waals surface area (Å²) in [5, 5.41) is 0. The van der Waals surface area contributed by atoms with E-state index in [1.807, 2.05) is 6.07 Å². The first-order chi connectivity index (χ1) is 14.2. The molecule has 1 aliphatic carbocycles. The molecule has 4 nitrogen and oxygen atoms in total. The van der Waals surface area contributed by atoms with Crippen LogP contribution in [-0.4, -0.2) is 43.5 Å². The average molecular weight is 483 g/mol. The number of fused-ring (bicyclic) bond motifs is 1. The minimum absolute atomic E-state index is 0.131. The van der Waals surface area contributed by atoms with Gasteiger partial charge in [0.2, 0.25) is 0 Å². The third-order valence-electron chi connectivity index (χ3n) is 7.23. The minimum atomic E-state index is 0.131. The van der Waals surface area contributed by atoms with E-state index in [-0.39, 0.29) is 11.8 Å².